The van der Waals surface area contributed by atoms with E-state index in [1.807, 2.05) is 30.3 Å². The van der Waals surface area contributed by atoms with Gasteiger partial charge < -0.3 is 9.47 Å². The number of amides is 1. The van der Waals surface area contributed by atoms with E-state index in [9.17, 15) is 4.79 Å². The third kappa shape index (κ3) is 6.22. The average Bonchev–Trinajstić information content (AvgIpc) is 3.19. The Bertz CT molecular complexity index is 1000. The molecule has 0 aliphatic rings. The number of methoxy groups -OCH3 is 1. The maximum absolute atomic E-state index is 12.1. The van der Waals surface area contributed by atoms with Crippen molar-refractivity contribution in [2.75, 3.05) is 12.4 Å². The molecule has 0 atom stereocenters. The Balaban J connectivity index is 1.61. The van der Waals surface area contributed by atoms with Gasteiger partial charge >= 0.3 is 0 Å². The van der Waals surface area contributed by atoms with Gasteiger partial charge in [0.25, 0.3) is 0 Å². The molecular weight excluding hydrogens is 431 g/mol. The molecule has 0 saturated carbocycles. The molecule has 3 aromatic rings. The first-order chi connectivity index (χ1) is 14.1. The van der Waals surface area contributed by atoms with Gasteiger partial charge in [0.05, 0.1) is 18.7 Å². The van der Waals surface area contributed by atoms with Gasteiger partial charge in [0.1, 0.15) is 6.61 Å². The third-order valence-electron chi connectivity index (χ3n) is 3.84. The summed E-state index contributed by atoms with van der Waals surface area (Å²) >= 11 is 12.9. The Morgan fingerprint density at radius 3 is 2.69 bits per heavy atom. The number of carbonyl (C=O) groups excluding carboxylic acids is 1. The number of alkyl halides is 1. The summed E-state index contributed by atoms with van der Waals surface area (Å²) in [5, 5.41) is 5.71. The van der Waals surface area contributed by atoms with E-state index in [1.165, 1.54) is 17.4 Å². The number of thiazole rings is 1. The molecule has 1 amide bonds. The van der Waals surface area contributed by atoms with Crippen molar-refractivity contribution in [2.24, 2.45) is 0 Å². The Kier molecular flexibility index (Phi) is 7.52. The summed E-state index contributed by atoms with van der Waals surface area (Å²) < 4.78 is 11.2. The topological polar surface area (TPSA) is 60.5 Å². The number of halogens is 2. The number of nitrogens with one attached hydrogen (secondary N) is 1. The fourth-order valence-corrected chi connectivity index (χ4v) is 3.46. The summed E-state index contributed by atoms with van der Waals surface area (Å²) in [5.74, 6) is 1.23. The molecular formula is C21H18Cl2N2O3S. The van der Waals surface area contributed by atoms with Gasteiger partial charge in [0.2, 0.25) is 5.91 Å². The van der Waals surface area contributed by atoms with Gasteiger partial charge in [0, 0.05) is 16.5 Å². The van der Waals surface area contributed by atoms with Crippen molar-refractivity contribution >= 4 is 51.7 Å². The Hall–Kier alpha value is -2.54. The minimum Gasteiger partial charge on any atom is -0.493 e. The Morgan fingerprint density at radius 1 is 1.21 bits per heavy atom. The second kappa shape index (κ2) is 10.3. The molecule has 0 saturated heterocycles. The van der Waals surface area contributed by atoms with Crippen LogP contribution < -0.4 is 14.8 Å². The van der Waals surface area contributed by atoms with Crippen molar-refractivity contribution < 1.29 is 14.3 Å². The predicted octanol–water partition coefficient (Wildman–Crippen LogP) is 5.77. The summed E-state index contributed by atoms with van der Waals surface area (Å²) in [6.45, 7) is 0.392. The van der Waals surface area contributed by atoms with Crippen molar-refractivity contribution in [2.45, 2.75) is 12.5 Å². The van der Waals surface area contributed by atoms with Crippen LogP contribution in [-0.4, -0.2) is 18.0 Å². The van der Waals surface area contributed by atoms with Crippen LogP contribution in [0.4, 0.5) is 5.13 Å². The Labute approximate surface area is 182 Å². The van der Waals surface area contributed by atoms with E-state index in [-0.39, 0.29) is 5.91 Å². The van der Waals surface area contributed by atoms with Crippen LogP contribution in [0, 0.1) is 0 Å². The Morgan fingerprint density at radius 2 is 2.00 bits per heavy atom. The molecule has 0 spiro atoms. The maximum atomic E-state index is 12.1. The zero-order valence-electron chi connectivity index (χ0n) is 15.5. The summed E-state index contributed by atoms with van der Waals surface area (Å²) in [5.41, 5.74) is 2.53. The summed E-state index contributed by atoms with van der Waals surface area (Å²) in [4.78, 5) is 16.2. The molecule has 5 nitrogen and oxygen atoms in total. The van der Waals surface area contributed by atoms with Crippen LogP contribution in [0.25, 0.3) is 6.08 Å². The lowest BCUT2D eigenvalue weighted by Crippen LogP contribution is -2.07. The van der Waals surface area contributed by atoms with Crippen LogP contribution in [0.5, 0.6) is 11.5 Å². The predicted molar refractivity (Wildman–Crippen MR) is 118 cm³/mol. The second-order valence-corrected chi connectivity index (χ2v) is 7.49. The minimum absolute atomic E-state index is 0.275. The first kappa shape index (κ1) is 21.2. The highest BCUT2D eigenvalue weighted by Crippen LogP contribution is 2.29. The SMILES string of the molecule is COc1cc(/C=C/C(=O)Nc2nc(CCl)cs2)ccc1OCc1ccc(Cl)cc1. The number of aromatic nitrogens is 1. The highest BCUT2D eigenvalue weighted by molar-refractivity contribution is 7.14. The van der Waals surface area contributed by atoms with Gasteiger partial charge in [-0.15, -0.1) is 22.9 Å². The van der Waals surface area contributed by atoms with Crippen molar-refractivity contribution in [3.05, 3.63) is 75.8 Å². The number of hydrogen-bond acceptors (Lipinski definition) is 5. The molecule has 1 N–H and O–H groups in total. The number of nitrogens with zero attached hydrogens (tertiary/aromatic N) is 1. The zero-order valence-corrected chi connectivity index (χ0v) is 17.9. The van der Waals surface area contributed by atoms with E-state index in [0.29, 0.717) is 34.1 Å². The molecule has 0 fully saturated rings. The van der Waals surface area contributed by atoms with E-state index in [0.717, 1.165) is 16.8 Å². The van der Waals surface area contributed by atoms with Gasteiger partial charge in [-0.3, -0.25) is 10.1 Å². The first-order valence-corrected chi connectivity index (χ1v) is 10.4. The van der Waals surface area contributed by atoms with Gasteiger partial charge in [0.15, 0.2) is 16.6 Å². The third-order valence-corrected chi connectivity index (χ3v) is 5.17. The van der Waals surface area contributed by atoms with Crippen LogP contribution in [0.15, 0.2) is 53.9 Å². The van der Waals surface area contributed by atoms with E-state index in [2.05, 4.69) is 10.3 Å². The average molecular weight is 449 g/mol. The van der Waals surface area contributed by atoms with Crippen LogP contribution >= 0.6 is 34.5 Å². The van der Waals surface area contributed by atoms with Crippen LogP contribution in [-0.2, 0) is 17.3 Å². The van der Waals surface area contributed by atoms with E-state index >= 15 is 0 Å². The molecule has 1 heterocycles. The highest BCUT2D eigenvalue weighted by atomic mass is 35.5. The molecule has 0 aliphatic heterocycles. The lowest BCUT2D eigenvalue weighted by molar-refractivity contribution is -0.111. The number of ether oxygens (including phenoxy) is 2. The largest absolute Gasteiger partial charge is 0.493 e. The summed E-state index contributed by atoms with van der Waals surface area (Å²) in [6, 6.07) is 12.9. The molecule has 1 aromatic heterocycles. The summed E-state index contributed by atoms with van der Waals surface area (Å²) in [7, 11) is 1.57. The quantitative estimate of drug-likeness (QED) is 0.350. The van der Waals surface area contributed by atoms with Crippen molar-refractivity contribution in [1.29, 1.82) is 0 Å². The fraction of sp³-hybridized carbons (Fsp3) is 0.143. The second-order valence-electron chi connectivity index (χ2n) is 5.93. The summed E-state index contributed by atoms with van der Waals surface area (Å²) in [6.07, 6.45) is 3.13. The molecule has 3 rings (SSSR count). The maximum Gasteiger partial charge on any atom is 0.250 e. The molecule has 150 valence electrons. The van der Waals surface area contributed by atoms with Gasteiger partial charge in [-0.25, -0.2) is 4.98 Å². The smallest absolute Gasteiger partial charge is 0.250 e. The molecule has 0 radical (unpaired) electrons. The van der Waals surface area contributed by atoms with Gasteiger partial charge in [-0.2, -0.15) is 0 Å². The van der Waals surface area contributed by atoms with Crippen molar-refractivity contribution in [3.8, 4) is 11.5 Å². The molecule has 0 unspecified atom stereocenters. The normalized spacial score (nSPS) is 10.9. The van der Waals surface area contributed by atoms with E-state index in [4.69, 9.17) is 32.7 Å². The molecule has 8 heteroatoms. The van der Waals surface area contributed by atoms with Crippen LogP contribution in [0.3, 0.4) is 0 Å². The monoisotopic (exact) mass is 448 g/mol. The van der Waals surface area contributed by atoms with Gasteiger partial charge in [-0.05, 0) is 41.5 Å². The number of carbonyl (C=O) groups is 1. The highest BCUT2D eigenvalue weighted by Gasteiger charge is 2.07. The number of rotatable bonds is 8. The lowest BCUT2D eigenvalue weighted by Gasteiger charge is -2.11. The van der Waals surface area contributed by atoms with Gasteiger partial charge in [-0.1, -0.05) is 29.8 Å². The lowest BCUT2D eigenvalue weighted by atomic mass is 10.2. The zero-order chi connectivity index (χ0) is 20.6. The minimum atomic E-state index is -0.275. The van der Waals surface area contributed by atoms with Crippen LogP contribution in [0.2, 0.25) is 5.02 Å². The van der Waals surface area contributed by atoms with Crippen molar-refractivity contribution in [3.63, 3.8) is 0 Å². The number of hydrogen-bond donors (Lipinski definition) is 1. The number of anilines is 1. The standard InChI is InChI=1S/C21H18Cl2N2O3S/c1-27-19-10-14(5-9-20(26)25-21-24-17(11-22)13-29-21)4-8-18(19)28-12-15-2-6-16(23)7-3-15/h2-10,13H,11-12H2,1H3,(H,24,25,26)/b9-5+. The van der Waals surface area contributed by atoms with Crippen LogP contribution in [0.1, 0.15) is 16.8 Å². The molecule has 0 aliphatic carbocycles. The molecule has 0 bridgehead atoms. The van der Waals surface area contributed by atoms with Crippen molar-refractivity contribution in [1.82, 2.24) is 4.98 Å². The first-order valence-electron chi connectivity index (χ1n) is 8.62. The fourth-order valence-electron chi connectivity index (χ4n) is 2.39. The number of benzene rings is 2. The molecule has 2 aromatic carbocycles. The molecule has 29 heavy (non-hydrogen) atoms. The van der Waals surface area contributed by atoms with E-state index in [1.54, 1.807) is 30.7 Å². The van der Waals surface area contributed by atoms with E-state index < -0.39 is 0 Å².